The zero-order chi connectivity index (χ0) is 17.9. The largest absolute Gasteiger partial charge is 0.348 e. The number of rotatable bonds is 5. The smallest absolute Gasteiger partial charge is 0.263 e. The molecule has 0 aliphatic heterocycles. The summed E-state index contributed by atoms with van der Waals surface area (Å²) in [7, 11) is 0. The third kappa shape index (κ3) is 3.38. The Morgan fingerprint density at radius 1 is 1.31 bits per heavy atom. The van der Waals surface area contributed by atoms with E-state index in [2.05, 4.69) is 25.4 Å². The fourth-order valence-electron chi connectivity index (χ4n) is 2.55. The highest BCUT2D eigenvalue weighted by Crippen LogP contribution is 2.21. The summed E-state index contributed by atoms with van der Waals surface area (Å²) in [5.41, 5.74) is 0.460. The van der Waals surface area contributed by atoms with Crippen molar-refractivity contribution in [2.75, 3.05) is 0 Å². The van der Waals surface area contributed by atoms with Gasteiger partial charge < -0.3 is 10.3 Å². The van der Waals surface area contributed by atoms with E-state index < -0.39 is 11.5 Å². The number of hydrogen-bond acceptors (Lipinski definition) is 6. The molecule has 0 aliphatic carbocycles. The third-order valence-corrected chi connectivity index (χ3v) is 4.74. The first-order chi connectivity index (χ1) is 12.7. The van der Waals surface area contributed by atoms with E-state index in [1.165, 1.54) is 28.2 Å². The van der Waals surface area contributed by atoms with E-state index in [1.54, 1.807) is 11.3 Å². The molecule has 1 amide bonds. The molecule has 0 radical (unpaired) electrons. The summed E-state index contributed by atoms with van der Waals surface area (Å²) in [6.45, 7) is 0.614. The molecule has 8 nitrogen and oxygen atoms in total. The molecule has 0 saturated carbocycles. The first kappa shape index (κ1) is 16.2. The van der Waals surface area contributed by atoms with Gasteiger partial charge in [0.25, 0.3) is 11.5 Å². The standard InChI is InChI=1S/C17H14N6O2S/c24-16(20-6-11-1-2-14-12(5-11)3-4-26-14)13-7-19-15(22-17(13)25)8-23-10-18-9-21-23/h1-5,7,9-10H,6,8H2,(H,20,24)(H,19,22,25). The molecule has 3 heterocycles. The first-order valence-electron chi connectivity index (χ1n) is 7.84. The van der Waals surface area contributed by atoms with Crippen LogP contribution < -0.4 is 10.9 Å². The summed E-state index contributed by atoms with van der Waals surface area (Å²) >= 11 is 1.67. The van der Waals surface area contributed by atoms with Gasteiger partial charge in [0, 0.05) is 17.4 Å². The van der Waals surface area contributed by atoms with Crippen LogP contribution >= 0.6 is 11.3 Å². The molecule has 3 aromatic heterocycles. The molecule has 130 valence electrons. The molecular weight excluding hydrogens is 352 g/mol. The summed E-state index contributed by atoms with van der Waals surface area (Å²) < 4.78 is 2.72. The monoisotopic (exact) mass is 366 g/mol. The van der Waals surface area contributed by atoms with Crippen molar-refractivity contribution in [1.29, 1.82) is 0 Å². The van der Waals surface area contributed by atoms with Crippen LogP contribution in [0.1, 0.15) is 21.7 Å². The van der Waals surface area contributed by atoms with Crippen LogP contribution in [0.4, 0.5) is 0 Å². The zero-order valence-corrected chi connectivity index (χ0v) is 14.4. The van der Waals surface area contributed by atoms with E-state index in [0.29, 0.717) is 12.4 Å². The van der Waals surface area contributed by atoms with Gasteiger partial charge in [-0.2, -0.15) is 5.10 Å². The molecule has 1 aromatic carbocycles. The SMILES string of the molecule is O=C(NCc1ccc2sccc2c1)c1cnc(Cn2cncn2)[nH]c1=O. The number of benzene rings is 1. The average molecular weight is 366 g/mol. The predicted octanol–water partition coefficient (Wildman–Crippen LogP) is 1.55. The van der Waals surface area contributed by atoms with Crippen LogP contribution in [-0.2, 0) is 13.1 Å². The second-order valence-corrected chi connectivity index (χ2v) is 6.59. The molecule has 0 aliphatic rings. The highest BCUT2D eigenvalue weighted by molar-refractivity contribution is 7.17. The van der Waals surface area contributed by atoms with Crippen molar-refractivity contribution in [3.8, 4) is 0 Å². The fraction of sp³-hybridized carbons (Fsp3) is 0.118. The van der Waals surface area contributed by atoms with E-state index in [0.717, 1.165) is 10.9 Å². The number of aromatic amines is 1. The third-order valence-electron chi connectivity index (χ3n) is 3.84. The molecule has 9 heteroatoms. The minimum atomic E-state index is -0.485. The maximum absolute atomic E-state index is 12.3. The van der Waals surface area contributed by atoms with E-state index in [1.807, 2.05) is 29.6 Å². The summed E-state index contributed by atoms with van der Waals surface area (Å²) in [5.74, 6) is -0.0589. The van der Waals surface area contributed by atoms with Crippen molar-refractivity contribution >= 4 is 27.3 Å². The van der Waals surface area contributed by atoms with Gasteiger partial charge in [-0.15, -0.1) is 11.3 Å². The summed E-state index contributed by atoms with van der Waals surface area (Å²) in [5, 5.41) is 9.86. The Kier molecular flexibility index (Phi) is 4.28. The number of nitrogens with zero attached hydrogens (tertiary/aromatic N) is 4. The summed E-state index contributed by atoms with van der Waals surface area (Å²) in [4.78, 5) is 35.0. The van der Waals surface area contributed by atoms with Crippen molar-refractivity contribution in [2.24, 2.45) is 0 Å². The number of carbonyl (C=O) groups excluding carboxylic acids is 1. The lowest BCUT2D eigenvalue weighted by molar-refractivity contribution is 0.0949. The number of H-pyrrole nitrogens is 1. The molecule has 0 fully saturated rings. The van der Waals surface area contributed by atoms with Crippen LogP contribution in [0.2, 0.25) is 0 Å². The van der Waals surface area contributed by atoms with Gasteiger partial charge in [-0.3, -0.25) is 9.59 Å². The lowest BCUT2D eigenvalue weighted by atomic mass is 10.1. The fourth-order valence-corrected chi connectivity index (χ4v) is 3.32. The van der Waals surface area contributed by atoms with Crippen molar-refractivity contribution in [3.05, 3.63) is 75.8 Å². The molecule has 0 saturated heterocycles. The van der Waals surface area contributed by atoms with Crippen LogP contribution in [0.25, 0.3) is 10.1 Å². The molecular formula is C17H14N6O2S. The molecule has 0 bridgehead atoms. The molecule has 4 rings (SSSR count). The van der Waals surface area contributed by atoms with Crippen LogP contribution in [-0.4, -0.2) is 30.6 Å². The summed E-state index contributed by atoms with van der Waals surface area (Å²) in [6, 6.07) is 8.04. The van der Waals surface area contributed by atoms with Crippen LogP contribution in [0.5, 0.6) is 0 Å². The normalized spacial score (nSPS) is 10.9. The van der Waals surface area contributed by atoms with Crippen LogP contribution in [0, 0.1) is 0 Å². The minimum absolute atomic E-state index is 0.0241. The highest BCUT2D eigenvalue weighted by Gasteiger charge is 2.12. The van der Waals surface area contributed by atoms with Gasteiger partial charge in [0.15, 0.2) is 0 Å². The predicted molar refractivity (Wildman–Crippen MR) is 97.0 cm³/mol. The van der Waals surface area contributed by atoms with Gasteiger partial charge in [-0.05, 0) is 34.5 Å². The number of aromatic nitrogens is 5. The van der Waals surface area contributed by atoms with Gasteiger partial charge in [0.05, 0.1) is 0 Å². The average Bonchev–Trinajstić information content (AvgIpc) is 3.30. The number of nitrogens with one attached hydrogen (secondary N) is 2. The highest BCUT2D eigenvalue weighted by atomic mass is 32.1. The second-order valence-electron chi connectivity index (χ2n) is 5.64. The van der Waals surface area contributed by atoms with Gasteiger partial charge in [-0.25, -0.2) is 14.6 Å². The van der Waals surface area contributed by atoms with E-state index in [-0.39, 0.29) is 12.1 Å². The topological polar surface area (TPSA) is 106 Å². The lowest BCUT2D eigenvalue weighted by Gasteiger charge is -2.06. The van der Waals surface area contributed by atoms with Crippen molar-refractivity contribution in [3.63, 3.8) is 0 Å². The van der Waals surface area contributed by atoms with E-state index in [4.69, 9.17) is 0 Å². The number of thiophene rings is 1. The molecule has 0 atom stereocenters. The Balaban J connectivity index is 1.44. The second kappa shape index (κ2) is 6.89. The van der Waals surface area contributed by atoms with Crippen LogP contribution in [0.15, 0.2) is 53.3 Å². The Morgan fingerprint density at radius 3 is 3.04 bits per heavy atom. The lowest BCUT2D eigenvalue weighted by Crippen LogP contribution is -2.30. The van der Waals surface area contributed by atoms with Gasteiger partial charge in [-0.1, -0.05) is 6.07 Å². The quantitative estimate of drug-likeness (QED) is 0.557. The number of hydrogen-bond donors (Lipinski definition) is 2. The summed E-state index contributed by atoms with van der Waals surface area (Å²) in [6.07, 6.45) is 4.20. The maximum atomic E-state index is 12.3. The van der Waals surface area contributed by atoms with Gasteiger partial charge in [0.2, 0.25) is 0 Å². The molecule has 2 N–H and O–H groups in total. The van der Waals surface area contributed by atoms with Crippen molar-refractivity contribution < 1.29 is 4.79 Å². The van der Waals surface area contributed by atoms with Crippen molar-refractivity contribution in [1.82, 2.24) is 30.0 Å². The molecule has 0 spiro atoms. The van der Waals surface area contributed by atoms with E-state index >= 15 is 0 Å². The number of carbonyl (C=O) groups is 1. The zero-order valence-electron chi connectivity index (χ0n) is 13.5. The Bertz CT molecular complexity index is 1120. The molecule has 4 aromatic rings. The van der Waals surface area contributed by atoms with Crippen molar-refractivity contribution in [2.45, 2.75) is 13.1 Å². The van der Waals surface area contributed by atoms with E-state index in [9.17, 15) is 9.59 Å². The minimum Gasteiger partial charge on any atom is -0.348 e. The Morgan fingerprint density at radius 2 is 2.23 bits per heavy atom. The molecule has 0 unspecified atom stereocenters. The molecule has 26 heavy (non-hydrogen) atoms. The number of fused-ring (bicyclic) bond motifs is 1. The first-order valence-corrected chi connectivity index (χ1v) is 8.72. The van der Waals surface area contributed by atoms with Gasteiger partial charge in [0.1, 0.15) is 30.6 Å². The van der Waals surface area contributed by atoms with Crippen LogP contribution in [0.3, 0.4) is 0 Å². The Labute approximate surface area is 151 Å². The maximum Gasteiger partial charge on any atom is 0.263 e. The number of amides is 1. The Hall–Kier alpha value is -3.33. The van der Waals surface area contributed by atoms with Gasteiger partial charge >= 0.3 is 0 Å².